The van der Waals surface area contributed by atoms with Gasteiger partial charge in [-0.1, -0.05) is 0 Å². The maximum atomic E-state index is 11.0. The first kappa shape index (κ1) is 17.4. The molecule has 0 spiro atoms. The van der Waals surface area contributed by atoms with Gasteiger partial charge in [0.05, 0.1) is 5.69 Å². The molecule has 0 saturated carbocycles. The summed E-state index contributed by atoms with van der Waals surface area (Å²) in [6, 6.07) is 2.09. The van der Waals surface area contributed by atoms with Gasteiger partial charge < -0.3 is 10.4 Å². The van der Waals surface area contributed by atoms with Gasteiger partial charge in [0.15, 0.2) is 5.13 Å². The first-order valence-electron chi connectivity index (χ1n) is 7.08. The van der Waals surface area contributed by atoms with Crippen LogP contribution >= 0.6 is 22.7 Å². The number of carboxylic acids is 1. The van der Waals surface area contributed by atoms with Gasteiger partial charge in [0.2, 0.25) is 5.91 Å². The zero-order chi connectivity index (χ0) is 17.0. The van der Waals surface area contributed by atoms with E-state index in [0.29, 0.717) is 10.7 Å². The van der Waals surface area contributed by atoms with Gasteiger partial charge in [-0.2, -0.15) is 0 Å². The Balaban J connectivity index is 2.01. The fourth-order valence-corrected chi connectivity index (χ4v) is 3.94. The summed E-state index contributed by atoms with van der Waals surface area (Å²) in [4.78, 5) is 28.4. The minimum Gasteiger partial charge on any atom is -0.478 e. The average molecular weight is 350 g/mol. The molecule has 122 valence electrons. The molecule has 2 aromatic rings. The van der Waals surface area contributed by atoms with Gasteiger partial charge in [-0.25, -0.2) is 9.78 Å². The number of carbonyl (C=O) groups is 2. The van der Waals surface area contributed by atoms with Crippen LogP contribution in [0.2, 0.25) is 0 Å². The van der Waals surface area contributed by atoms with E-state index in [1.807, 2.05) is 12.3 Å². The van der Waals surface area contributed by atoms with Crippen LogP contribution in [0.5, 0.6) is 0 Å². The Labute approximate surface area is 142 Å². The van der Waals surface area contributed by atoms with Gasteiger partial charge in [-0.15, -0.1) is 22.7 Å². The lowest BCUT2D eigenvalue weighted by Crippen LogP contribution is -2.05. The minimum atomic E-state index is -0.896. The third kappa shape index (κ3) is 5.01. The molecule has 0 unspecified atom stereocenters. The number of amides is 1. The lowest BCUT2D eigenvalue weighted by molar-refractivity contribution is -0.132. The fraction of sp³-hybridized carbons (Fsp3) is 0.312. The van der Waals surface area contributed by atoms with E-state index in [1.54, 1.807) is 24.3 Å². The van der Waals surface area contributed by atoms with Crippen molar-refractivity contribution >= 4 is 45.8 Å². The third-order valence-electron chi connectivity index (χ3n) is 3.15. The van der Waals surface area contributed by atoms with Crippen LogP contribution < -0.4 is 5.32 Å². The molecule has 1 amide bonds. The second-order valence-corrected chi connectivity index (χ2v) is 7.24. The van der Waals surface area contributed by atoms with E-state index in [0.717, 1.165) is 29.0 Å². The van der Waals surface area contributed by atoms with Gasteiger partial charge in [0, 0.05) is 27.6 Å². The molecule has 2 heterocycles. The summed E-state index contributed by atoms with van der Waals surface area (Å²) >= 11 is 3.03. The molecule has 0 aliphatic rings. The van der Waals surface area contributed by atoms with Crippen LogP contribution in [0.3, 0.4) is 0 Å². The van der Waals surface area contributed by atoms with Gasteiger partial charge in [0.1, 0.15) is 0 Å². The van der Waals surface area contributed by atoms with E-state index < -0.39 is 5.97 Å². The number of nitrogens with zero attached hydrogens (tertiary/aromatic N) is 1. The number of nitrogens with one attached hydrogen (secondary N) is 1. The smallest absolute Gasteiger partial charge is 0.331 e. The monoisotopic (exact) mass is 350 g/mol. The highest BCUT2D eigenvalue weighted by molar-refractivity contribution is 7.14. The molecule has 0 bridgehead atoms. The second kappa shape index (κ2) is 7.52. The largest absolute Gasteiger partial charge is 0.478 e. The van der Waals surface area contributed by atoms with E-state index in [-0.39, 0.29) is 5.91 Å². The zero-order valence-electron chi connectivity index (χ0n) is 13.2. The maximum absolute atomic E-state index is 11.0. The molecule has 0 atom stereocenters. The average Bonchev–Trinajstić information content (AvgIpc) is 3.03. The second-order valence-electron chi connectivity index (χ2n) is 5.22. The number of carboxylic acid groups (broad SMARTS) is 1. The van der Waals surface area contributed by atoms with Crippen LogP contribution in [0.1, 0.15) is 34.9 Å². The van der Waals surface area contributed by atoms with Crippen molar-refractivity contribution in [3.05, 3.63) is 38.0 Å². The normalized spacial score (nSPS) is 11.5. The van der Waals surface area contributed by atoms with Gasteiger partial charge >= 0.3 is 5.97 Å². The predicted octanol–water partition coefficient (Wildman–Crippen LogP) is 3.74. The Morgan fingerprint density at radius 1 is 1.35 bits per heavy atom. The van der Waals surface area contributed by atoms with Crippen LogP contribution in [0.15, 0.2) is 17.0 Å². The van der Waals surface area contributed by atoms with Crippen LogP contribution in [-0.4, -0.2) is 22.0 Å². The van der Waals surface area contributed by atoms with Crippen molar-refractivity contribution in [2.75, 3.05) is 5.32 Å². The Morgan fingerprint density at radius 3 is 2.74 bits per heavy atom. The fourth-order valence-electron chi connectivity index (χ4n) is 1.97. The first-order valence-corrected chi connectivity index (χ1v) is 8.77. The first-order chi connectivity index (χ1) is 10.8. The summed E-state index contributed by atoms with van der Waals surface area (Å²) in [5.74, 6) is -1.02. The Bertz CT molecular complexity index is 759. The Hall–Kier alpha value is -1.99. The number of thiophene rings is 1. The summed E-state index contributed by atoms with van der Waals surface area (Å²) < 4.78 is 0. The van der Waals surface area contributed by atoms with Crippen molar-refractivity contribution < 1.29 is 14.7 Å². The Kier molecular flexibility index (Phi) is 5.68. The number of aliphatic carboxylic acids is 1. The number of aryl methyl sites for hydroxylation is 3. The van der Waals surface area contributed by atoms with Gasteiger partial charge in [0.25, 0.3) is 0 Å². The van der Waals surface area contributed by atoms with Crippen molar-refractivity contribution in [3.8, 4) is 0 Å². The summed E-state index contributed by atoms with van der Waals surface area (Å²) in [6.45, 7) is 5.04. The molecule has 2 rings (SSSR count). The molecule has 0 aliphatic carbocycles. The standard InChI is InChI=1S/C16H18N2O3S2/c1-9-6-13(23-14(9)7-10(2)15(20)21)5-4-12-8-22-16(18-12)17-11(3)19/h6-8H,4-5H2,1-3H3,(H,20,21)(H,17,18,19). The maximum Gasteiger partial charge on any atom is 0.331 e. The van der Waals surface area contributed by atoms with E-state index >= 15 is 0 Å². The molecule has 0 saturated heterocycles. The van der Waals surface area contributed by atoms with Crippen molar-refractivity contribution in [1.82, 2.24) is 4.98 Å². The molecular formula is C16H18N2O3S2. The lowest BCUT2D eigenvalue weighted by atomic mass is 10.2. The molecule has 0 aromatic carbocycles. The van der Waals surface area contributed by atoms with Gasteiger partial charge in [-0.3, -0.25) is 4.79 Å². The van der Waals surface area contributed by atoms with Crippen LogP contribution in [0.4, 0.5) is 5.13 Å². The molecule has 23 heavy (non-hydrogen) atoms. The predicted molar refractivity (Wildman–Crippen MR) is 94.2 cm³/mol. The number of hydrogen-bond acceptors (Lipinski definition) is 5. The summed E-state index contributed by atoms with van der Waals surface area (Å²) in [7, 11) is 0. The van der Waals surface area contributed by atoms with Crippen molar-refractivity contribution in [2.45, 2.75) is 33.6 Å². The highest BCUT2D eigenvalue weighted by Crippen LogP contribution is 2.26. The number of aromatic nitrogens is 1. The molecule has 2 N–H and O–H groups in total. The van der Waals surface area contributed by atoms with Crippen LogP contribution in [-0.2, 0) is 22.4 Å². The number of rotatable bonds is 6. The van der Waals surface area contributed by atoms with Crippen molar-refractivity contribution in [1.29, 1.82) is 0 Å². The molecule has 7 heteroatoms. The minimum absolute atomic E-state index is 0.120. The number of anilines is 1. The van der Waals surface area contributed by atoms with E-state index in [9.17, 15) is 9.59 Å². The quantitative estimate of drug-likeness (QED) is 0.778. The highest BCUT2D eigenvalue weighted by atomic mass is 32.1. The topological polar surface area (TPSA) is 79.3 Å². The van der Waals surface area contributed by atoms with Crippen molar-refractivity contribution in [3.63, 3.8) is 0 Å². The van der Waals surface area contributed by atoms with Crippen LogP contribution in [0, 0.1) is 6.92 Å². The molecular weight excluding hydrogens is 332 g/mol. The summed E-state index contributed by atoms with van der Waals surface area (Å²) in [5, 5.41) is 14.2. The molecule has 0 fully saturated rings. The SMILES string of the molecule is CC(=O)Nc1nc(CCc2cc(C)c(C=C(C)C(=O)O)s2)cs1. The summed E-state index contributed by atoms with van der Waals surface area (Å²) in [6.07, 6.45) is 3.34. The van der Waals surface area contributed by atoms with Crippen LogP contribution in [0.25, 0.3) is 6.08 Å². The number of carbonyl (C=O) groups excluding carboxylic acids is 1. The summed E-state index contributed by atoms with van der Waals surface area (Å²) in [5.41, 5.74) is 2.37. The zero-order valence-corrected chi connectivity index (χ0v) is 14.8. The molecule has 2 aromatic heterocycles. The molecule has 0 aliphatic heterocycles. The van der Waals surface area contributed by atoms with Crippen molar-refractivity contribution in [2.24, 2.45) is 0 Å². The highest BCUT2D eigenvalue weighted by Gasteiger charge is 2.08. The van der Waals surface area contributed by atoms with E-state index in [1.165, 1.54) is 23.1 Å². The number of hydrogen-bond donors (Lipinski definition) is 2. The molecule has 0 radical (unpaired) electrons. The van der Waals surface area contributed by atoms with E-state index in [2.05, 4.69) is 16.4 Å². The third-order valence-corrected chi connectivity index (χ3v) is 5.20. The van der Waals surface area contributed by atoms with E-state index in [4.69, 9.17) is 5.11 Å². The van der Waals surface area contributed by atoms with Gasteiger partial charge in [-0.05, 0) is 44.4 Å². The molecule has 5 nitrogen and oxygen atoms in total. The lowest BCUT2D eigenvalue weighted by Gasteiger charge is -1.95. The Morgan fingerprint density at radius 2 is 2.09 bits per heavy atom. The number of thiazole rings is 1.